The molecule has 4 nitrogen and oxygen atoms in total. The highest BCUT2D eigenvalue weighted by Crippen LogP contribution is 2.34. The Hall–Kier alpha value is -2.10. The maximum atomic E-state index is 12.6. The van der Waals surface area contributed by atoms with Gasteiger partial charge in [-0.2, -0.15) is 0 Å². The second-order valence-corrected chi connectivity index (χ2v) is 6.19. The molecule has 1 aromatic rings. The van der Waals surface area contributed by atoms with Gasteiger partial charge in [0.2, 0.25) is 5.91 Å². The van der Waals surface area contributed by atoms with Gasteiger partial charge in [-0.15, -0.1) is 0 Å². The van der Waals surface area contributed by atoms with Gasteiger partial charge in [0.05, 0.1) is 5.92 Å². The zero-order chi connectivity index (χ0) is 15.5. The van der Waals surface area contributed by atoms with Gasteiger partial charge in [-0.25, -0.2) is 0 Å². The van der Waals surface area contributed by atoms with Crippen LogP contribution in [-0.2, 0) is 9.59 Å². The van der Waals surface area contributed by atoms with E-state index in [4.69, 9.17) is 0 Å². The number of likely N-dealkylation sites (tertiary alicyclic amines) is 1. The minimum absolute atomic E-state index is 0.0222. The van der Waals surface area contributed by atoms with Gasteiger partial charge >= 0.3 is 5.97 Å². The van der Waals surface area contributed by atoms with Crippen LogP contribution < -0.4 is 0 Å². The first kappa shape index (κ1) is 14.8. The molecule has 0 aromatic heterocycles. The Kier molecular flexibility index (Phi) is 4.27. The van der Waals surface area contributed by atoms with Gasteiger partial charge in [-0.3, -0.25) is 9.59 Å². The number of carbonyl (C=O) groups is 2. The van der Waals surface area contributed by atoms with E-state index >= 15 is 0 Å². The molecule has 4 heteroatoms. The molecule has 1 saturated heterocycles. The minimum atomic E-state index is -0.812. The number of nitrogens with zero attached hydrogens (tertiary/aromatic N) is 1. The second kappa shape index (κ2) is 6.34. The monoisotopic (exact) mass is 299 g/mol. The lowest BCUT2D eigenvalue weighted by molar-refractivity contribution is -0.142. The molecule has 22 heavy (non-hydrogen) atoms. The fourth-order valence-electron chi connectivity index (χ4n) is 3.55. The first-order valence-electron chi connectivity index (χ1n) is 7.88. The smallest absolute Gasteiger partial charge is 0.308 e. The van der Waals surface area contributed by atoms with Crippen LogP contribution in [0.3, 0.4) is 0 Å². The van der Waals surface area contributed by atoms with Crippen molar-refractivity contribution in [2.45, 2.75) is 25.2 Å². The molecule has 1 aromatic carbocycles. The number of hydrogen-bond acceptors (Lipinski definition) is 2. The van der Waals surface area contributed by atoms with E-state index in [-0.39, 0.29) is 17.7 Å². The van der Waals surface area contributed by atoms with Crippen LogP contribution in [0, 0.1) is 11.8 Å². The van der Waals surface area contributed by atoms with Crippen LogP contribution >= 0.6 is 0 Å². The lowest BCUT2D eigenvalue weighted by Crippen LogP contribution is -2.35. The van der Waals surface area contributed by atoms with Crippen molar-refractivity contribution >= 4 is 11.9 Å². The Morgan fingerprint density at radius 1 is 1.09 bits per heavy atom. The first-order chi connectivity index (χ1) is 10.7. The topological polar surface area (TPSA) is 57.6 Å². The molecular weight excluding hydrogens is 278 g/mol. The molecule has 0 bridgehead atoms. The third kappa shape index (κ3) is 2.91. The van der Waals surface area contributed by atoms with Crippen LogP contribution in [-0.4, -0.2) is 35.0 Å². The molecule has 1 heterocycles. The largest absolute Gasteiger partial charge is 0.481 e. The van der Waals surface area contributed by atoms with E-state index < -0.39 is 11.9 Å². The van der Waals surface area contributed by atoms with Gasteiger partial charge in [0.1, 0.15) is 0 Å². The van der Waals surface area contributed by atoms with Gasteiger partial charge < -0.3 is 10.0 Å². The van der Waals surface area contributed by atoms with Crippen molar-refractivity contribution in [1.29, 1.82) is 0 Å². The molecule has 1 aliphatic carbocycles. The molecule has 1 amide bonds. The zero-order valence-corrected chi connectivity index (χ0v) is 12.5. The van der Waals surface area contributed by atoms with Gasteiger partial charge in [0, 0.05) is 24.9 Å². The van der Waals surface area contributed by atoms with E-state index in [9.17, 15) is 14.7 Å². The van der Waals surface area contributed by atoms with Crippen LogP contribution in [0.15, 0.2) is 42.5 Å². The van der Waals surface area contributed by atoms with Crippen LogP contribution in [0.25, 0.3) is 0 Å². The highest BCUT2D eigenvalue weighted by atomic mass is 16.4. The Bertz CT molecular complexity index is 581. The third-order valence-electron chi connectivity index (χ3n) is 4.79. The van der Waals surface area contributed by atoms with Gasteiger partial charge in [0.25, 0.3) is 0 Å². The van der Waals surface area contributed by atoms with E-state index in [1.54, 1.807) is 4.90 Å². The van der Waals surface area contributed by atoms with Gasteiger partial charge in [-0.05, 0) is 24.8 Å². The highest BCUT2D eigenvalue weighted by molar-refractivity contribution is 5.81. The molecule has 1 N–H and O–H groups in total. The Balaban J connectivity index is 1.77. The summed E-state index contributed by atoms with van der Waals surface area (Å²) in [5.74, 6) is -1.29. The molecule has 0 spiro atoms. The highest BCUT2D eigenvalue weighted by Gasteiger charge is 2.41. The van der Waals surface area contributed by atoms with Crippen molar-refractivity contribution < 1.29 is 14.7 Å². The standard InChI is InChI=1S/C18H21NO3/c20-17(14-9-5-2-6-10-14)19-11-15(16(12-19)18(21)22)13-7-3-1-4-8-13/h1-5,7-8,14-16H,6,9-12H2,(H,21,22)/t14?,15-,16-/m1/s1. The van der Waals surface area contributed by atoms with Gasteiger partial charge in [-0.1, -0.05) is 42.5 Å². The number of benzene rings is 1. The lowest BCUT2D eigenvalue weighted by atomic mass is 9.89. The van der Waals surface area contributed by atoms with Crippen molar-refractivity contribution in [1.82, 2.24) is 4.90 Å². The molecule has 2 aliphatic rings. The van der Waals surface area contributed by atoms with Crippen LogP contribution in [0.2, 0.25) is 0 Å². The van der Waals surface area contributed by atoms with Crippen molar-refractivity contribution in [3.8, 4) is 0 Å². The molecule has 3 rings (SSSR count). The molecular formula is C18H21NO3. The SMILES string of the molecule is O=C(O)[C@@H]1CN(C(=O)C2CC=CCC2)C[C@@H]1c1ccccc1. The van der Waals surface area contributed by atoms with Crippen molar-refractivity contribution in [3.05, 3.63) is 48.0 Å². The van der Waals surface area contributed by atoms with Crippen LogP contribution in [0.4, 0.5) is 0 Å². The molecule has 0 saturated carbocycles. The van der Waals surface area contributed by atoms with Crippen LogP contribution in [0.5, 0.6) is 0 Å². The van der Waals surface area contributed by atoms with Crippen molar-refractivity contribution in [3.63, 3.8) is 0 Å². The summed E-state index contributed by atoms with van der Waals surface area (Å²) in [6.45, 7) is 0.841. The molecule has 1 unspecified atom stereocenters. The maximum Gasteiger partial charge on any atom is 0.308 e. The quantitative estimate of drug-likeness (QED) is 0.873. The van der Waals surface area contributed by atoms with Crippen LogP contribution in [0.1, 0.15) is 30.7 Å². The summed E-state index contributed by atoms with van der Waals surface area (Å²) in [7, 11) is 0. The maximum absolute atomic E-state index is 12.6. The number of carbonyl (C=O) groups excluding carboxylic acids is 1. The van der Waals surface area contributed by atoms with E-state index in [1.807, 2.05) is 30.3 Å². The molecule has 3 atom stereocenters. The van der Waals surface area contributed by atoms with Crippen molar-refractivity contribution in [2.75, 3.05) is 13.1 Å². The minimum Gasteiger partial charge on any atom is -0.481 e. The third-order valence-corrected chi connectivity index (χ3v) is 4.79. The second-order valence-electron chi connectivity index (χ2n) is 6.19. The average Bonchev–Trinajstić information content (AvgIpc) is 3.01. The number of allylic oxidation sites excluding steroid dienone is 2. The summed E-state index contributed by atoms with van der Waals surface area (Å²) in [5, 5.41) is 9.51. The summed E-state index contributed by atoms with van der Waals surface area (Å²) in [6.07, 6.45) is 6.77. The first-order valence-corrected chi connectivity index (χ1v) is 7.88. The summed E-state index contributed by atoms with van der Waals surface area (Å²) >= 11 is 0. The number of aliphatic carboxylic acids is 1. The molecule has 1 fully saturated rings. The average molecular weight is 299 g/mol. The number of carboxylic acids is 1. The van der Waals surface area contributed by atoms with E-state index in [0.717, 1.165) is 24.8 Å². The number of hydrogen-bond donors (Lipinski definition) is 1. The predicted molar refractivity (Wildman–Crippen MR) is 83.4 cm³/mol. The Labute approximate surface area is 130 Å². The molecule has 116 valence electrons. The number of rotatable bonds is 3. The summed E-state index contributed by atoms with van der Waals surface area (Å²) in [6, 6.07) is 9.68. The van der Waals surface area contributed by atoms with E-state index in [0.29, 0.717) is 13.1 Å². The van der Waals surface area contributed by atoms with E-state index in [1.165, 1.54) is 0 Å². The zero-order valence-electron chi connectivity index (χ0n) is 12.5. The Morgan fingerprint density at radius 3 is 2.50 bits per heavy atom. The molecule has 1 aliphatic heterocycles. The summed E-state index contributed by atoms with van der Waals surface area (Å²) in [4.78, 5) is 26.0. The fraction of sp³-hybridized carbons (Fsp3) is 0.444. The normalized spacial score (nSPS) is 27.8. The summed E-state index contributed by atoms with van der Waals surface area (Å²) in [5.41, 5.74) is 1.01. The van der Waals surface area contributed by atoms with Crippen molar-refractivity contribution in [2.24, 2.45) is 11.8 Å². The predicted octanol–water partition coefficient (Wildman–Crippen LogP) is 2.67. The fourth-order valence-corrected chi connectivity index (χ4v) is 3.55. The van der Waals surface area contributed by atoms with Gasteiger partial charge in [0.15, 0.2) is 0 Å². The van der Waals surface area contributed by atoms with E-state index in [2.05, 4.69) is 12.2 Å². The lowest BCUT2D eigenvalue weighted by Gasteiger charge is -2.24. The number of amides is 1. The number of carboxylic acid groups (broad SMARTS) is 1. The molecule has 0 radical (unpaired) electrons. The summed E-state index contributed by atoms with van der Waals surface area (Å²) < 4.78 is 0. The Morgan fingerprint density at radius 2 is 1.86 bits per heavy atom.